The summed E-state index contributed by atoms with van der Waals surface area (Å²) in [6.45, 7) is 2.10. The van der Waals surface area contributed by atoms with Gasteiger partial charge in [0.1, 0.15) is 5.78 Å². The summed E-state index contributed by atoms with van der Waals surface area (Å²) in [4.78, 5) is 11.8. The summed E-state index contributed by atoms with van der Waals surface area (Å²) in [5, 5.41) is 0.946. The van der Waals surface area contributed by atoms with Crippen molar-refractivity contribution in [2.24, 2.45) is 5.41 Å². The standard InChI is InChI=1S/C19H23ClO/c1-14-6-8-15(9-7-14)18(20)17-5-3-12-19(17)11-2-4-16(21)10-13-19/h6-9H,2-5,10-13H2,1H3/b18-17+. The quantitative estimate of drug-likeness (QED) is 0.655. The van der Waals surface area contributed by atoms with Gasteiger partial charge < -0.3 is 0 Å². The predicted molar refractivity (Wildman–Crippen MR) is 88.3 cm³/mol. The molecule has 2 aliphatic rings. The van der Waals surface area contributed by atoms with Crippen LogP contribution in [0.3, 0.4) is 0 Å². The van der Waals surface area contributed by atoms with E-state index in [1.165, 1.54) is 24.0 Å². The molecule has 2 heteroatoms. The summed E-state index contributed by atoms with van der Waals surface area (Å²) >= 11 is 6.77. The molecule has 1 unspecified atom stereocenters. The van der Waals surface area contributed by atoms with Crippen LogP contribution in [0, 0.1) is 12.3 Å². The van der Waals surface area contributed by atoms with E-state index in [0.717, 1.165) is 49.1 Å². The van der Waals surface area contributed by atoms with E-state index in [2.05, 4.69) is 31.2 Å². The average molecular weight is 303 g/mol. The van der Waals surface area contributed by atoms with Gasteiger partial charge in [0.05, 0.1) is 0 Å². The van der Waals surface area contributed by atoms with Gasteiger partial charge in [-0.2, -0.15) is 0 Å². The zero-order valence-corrected chi connectivity index (χ0v) is 13.5. The second-order valence-corrected chi connectivity index (χ2v) is 7.06. The Balaban J connectivity index is 1.96. The van der Waals surface area contributed by atoms with Gasteiger partial charge in [0.25, 0.3) is 0 Å². The maximum Gasteiger partial charge on any atom is 0.132 e. The maximum absolute atomic E-state index is 11.8. The Morgan fingerprint density at radius 2 is 1.67 bits per heavy atom. The number of hydrogen-bond acceptors (Lipinski definition) is 1. The number of halogens is 1. The first-order valence-electron chi connectivity index (χ1n) is 8.09. The van der Waals surface area contributed by atoms with E-state index < -0.39 is 0 Å². The monoisotopic (exact) mass is 302 g/mol. The largest absolute Gasteiger partial charge is 0.300 e. The lowest BCUT2D eigenvalue weighted by molar-refractivity contribution is -0.119. The van der Waals surface area contributed by atoms with Gasteiger partial charge in [-0.3, -0.25) is 4.79 Å². The zero-order chi connectivity index (χ0) is 14.9. The molecular formula is C19H23ClO. The van der Waals surface area contributed by atoms with Gasteiger partial charge in [0.15, 0.2) is 0 Å². The summed E-state index contributed by atoms with van der Waals surface area (Å²) in [7, 11) is 0. The van der Waals surface area contributed by atoms with Gasteiger partial charge in [-0.1, -0.05) is 41.4 Å². The molecule has 1 nitrogen and oxygen atoms in total. The summed E-state index contributed by atoms with van der Waals surface area (Å²) in [5.74, 6) is 0.435. The minimum absolute atomic E-state index is 0.203. The third kappa shape index (κ3) is 2.94. The SMILES string of the molecule is Cc1ccc(/C(Cl)=C2/CCCC23CCCC(=O)CC3)cc1. The Kier molecular flexibility index (Phi) is 4.21. The van der Waals surface area contributed by atoms with E-state index in [-0.39, 0.29) is 5.41 Å². The van der Waals surface area contributed by atoms with E-state index in [1.807, 2.05) is 0 Å². The van der Waals surface area contributed by atoms with Crippen LogP contribution in [-0.4, -0.2) is 5.78 Å². The number of hydrogen-bond donors (Lipinski definition) is 0. The fourth-order valence-corrected chi connectivity index (χ4v) is 4.46. The van der Waals surface area contributed by atoms with Crippen LogP contribution >= 0.6 is 11.6 Å². The van der Waals surface area contributed by atoms with Crippen molar-refractivity contribution in [3.05, 3.63) is 41.0 Å². The number of Topliss-reactive ketones (excluding diaryl/α,β-unsaturated/α-hetero) is 1. The summed E-state index contributed by atoms with van der Waals surface area (Å²) < 4.78 is 0. The van der Waals surface area contributed by atoms with Crippen molar-refractivity contribution < 1.29 is 4.79 Å². The number of benzene rings is 1. The summed E-state index contributed by atoms with van der Waals surface area (Å²) in [6.07, 6.45) is 8.18. The molecule has 1 atom stereocenters. The number of allylic oxidation sites excluding steroid dienone is 1. The first-order chi connectivity index (χ1) is 10.1. The minimum Gasteiger partial charge on any atom is -0.300 e. The highest BCUT2D eigenvalue weighted by Gasteiger charge is 2.40. The van der Waals surface area contributed by atoms with Crippen molar-refractivity contribution in [1.29, 1.82) is 0 Å². The van der Waals surface area contributed by atoms with Gasteiger partial charge in [-0.05, 0) is 62.0 Å². The Labute approximate surface area is 132 Å². The lowest BCUT2D eigenvalue weighted by atomic mass is 9.75. The summed E-state index contributed by atoms with van der Waals surface area (Å²) in [6, 6.07) is 8.49. The molecule has 0 aromatic heterocycles. The molecule has 2 fully saturated rings. The molecule has 0 radical (unpaired) electrons. The van der Waals surface area contributed by atoms with Crippen LogP contribution in [0.2, 0.25) is 0 Å². The average Bonchev–Trinajstić information content (AvgIpc) is 2.79. The van der Waals surface area contributed by atoms with Crippen molar-refractivity contribution in [2.75, 3.05) is 0 Å². The smallest absolute Gasteiger partial charge is 0.132 e. The van der Waals surface area contributed by atoms with Crippen LogP contribution in [0.25, 0.3) is 5.03 Å². The van der Waals surface area contributed by atoms with Crippen LogP contribution in [0.1, 0.15) is 62.5 Å². The van der Waals surface area contributed by atoms with E-state index in [0.29, 0.717) is 5.78 Å². The topological polar surface area (TPSA) is 17.1 Å². The van der Waals surface area contributed by atoms with E-state index >= 15 is 0 Å². The Bertz CT molecular complexity index is 570. The van der Waals surface area contributed by atoms with Crippen molar-refractivity contribution in [3.8, 4) is 0 Å². The second-order valence-electron chi connectivity index (χ2n) is 6.68. The number of ketones is 1. The fourth-order valence-electron chi connectivity index (χ4n) is 4.04. The number of rotatable bonds is 1. The molecule has 1 spiro atoms. The Morgan fingerprint density at radius 1 is 1.00 bits per heavy atom. The van der Waals surface area contributed by atoms with Crippen LogP contribution in [0.4, 0.5) is 0 Å². The maximum atomic E-state index is 11.8. The molecule has 0 amide bonds. The highest BCUT2D eigenvalue weighted by Crippen LogP contribution is 2.54. The molecule has 2 saturated carbocycles. The van der Waals surface area contributed by atoms with Crippen LogP contribution in [0.5, 0.6) is 0 Å². The Morgan fingerprint density at radius 3 is 2.38 bits per heavy atom. The third-order valence-electron chi connectivity index (χ3n) is 5.29. The molecule has 0 saturated heterocycles. The molecule has 0 bridgehead atoms. The molecule has 3 rings (SSSR count). The Hall–Kier alpha value is -1.08. The molecule has 112 valence electrons. The molecule has 0 aliphatic heterocycles. The molecule has 2 aliphatic carbocycles. The van der Waals surface area contributed by atoms with Crippen molar-refractivity contribution in [3.63, 3.8) is 0 Å². The lowest BCUT2D eigenvalue weighted by Gasteiger charge is -2.30. The molecule has 1 aromatic rings. The van der Waals surface area contributed by atoms with Crippen molar-refractivity contribution in [1.82, 2.24) is 0 Å². The number of aryl methyl sites for hydroxylation is 1. The minimum atomic E-state index is 0.203. The van der Waals surface area contributed by atoms with E-state index in [4.69, 9.17) is 11.6 Å². The normalized spacial score (nSPS) is 28.8. The highest BCUT2D eigenvalue weighted by atomic mass is 35.5. The predicted octanol–water partition coefficient (Wildman–Crippen LogP) is 5.65. The highest BCUT2D eigenvalue weighted by molar-refractivity contribution is 6.49. The molecule has 21 heavy (non-hydrogen) atoms. The van der Waals surface area contributed by atoms with E-state index in [1.54, 1.807) is 0 Å². The van der Waals surface area contributed by atoms with Gasteiger partial charge in [0, 0.05) is 17.9 Å². The molecule has 0 heterocycles. The first-order valence-corrected chi connectivity index (χ1v) is 8.46. The number of carbonyl (C=O) groups excluding carboxylic acids is 1. The molecule has 0 N–H and O–H groups in total. The zero-order valence-electron chi connectivity index (χ0n) is 12.8. The van der Waals surface area contributed by atoms with Crippen LogP contribution < -0.4 is 0 Å². The summed E-state index contributed by atoms with van der Waals surface area (Å²) in [5.41, 5.74) is 4.01. The molecule has 1 aromatic carbocycles. The van der Waals surface area contributed by atoms with E-state index in [9.17, 15) is 4.79 Å². The second kappa shape index (κ2) is 5.96. The van der Waals surface area contributed by atoms with Gasteiger partial charge in [-0.25, -0.2) is 0 Å². The van der Waals surface area contributed by atoms with Crippen molar-refractivity contribution >= 4 is 22.4 Å². The van der Waals surface area contributed by atoms with Gasteiger partial charge in [-0.15, -0.1) is 0 Å². The molecular weight excluding hydrogens is 280 g/mol. The van der Waals surface area contributed by atoms with Crippen LogP contribution in [-0.2, 0) is 4.79 Å². The van der Waals surface area contributed by atoms with Crippen LogP contribution in [0.15, 0.2) is 29.8 Å². The van der Waals surface area contributed by atoms with Gasteiger partial charge >= 0.3 is 0 Å². The lowest BCUT2D eigenvalue weighted by Crippen LogP contribution is -2.18. The first kappa shape index (κ1) is 14.8. The third-order valence-corrected chi connectivity index (χ3v) is 5.73. The van der Waals surface area contributed by atoms with Gasteiger partial charge in [0.2, 0.25) is 0 Å². The van der Waals surface area contributed by atoms with Crippen molar-refractivity contribution in [2.45, 2.75) is 58.3 Å². The fraction of sp³-hybridized carbons (Fsp3) is 0.526. The number of carbonyl (C=O) groups is 1.